The molecular formula is C44H54O7Si2. The molecule has 0 saturated carbocycles. The van der Waals surface area contributed by atoms with Gasteiger partial charge in [0.05, 0.1) is 0 Å². The standard InChI is InChI=1S/C44H54O7Si2/c1-10-23-38-39(47-32(2)45)40(48-33(3)46)41(50-52(43(4,5)6,34-24-15-11-16-25-34)35-26-17-12-18-27-35)42(49-38)51-53(44(7,8)9,36-28-19-13-20-29-36)37-30-21-14-22-31-37/h10-22,24-31,38-42H,1,23H2,2-9H3/t38-,39+,40-,41+,42-/m0/s1. The Morgan fingerprint density at radius 1 is 0.585 bits per heavy atom. The molecular weight excluding hydrogens is 697 g/mol. The van der Waals surface area contributed by atoms with Crippen LogP contribution in [0.2, 0.25) is 10.1 Å². The third kappa shape index (κ3) is 8.20. The van der Waals surface area contributed by atoms with Crippen molar-refractivity contribution in [3.05, 3.63) is 134 Å². The molecule has 1 aliphatic heterocycles. The van der Waals surface area contributed by atoms with E-state index in [2.05, 4.69) is 96.7 Å². The van der Waals surface area contributed by atoms with Crippen molar-refractivity contribution in [2.45, 2.75) is 103 Å². The summed E-state index contributed by atoms with van der Waals surface area (Å²) in [6.07, 6.45) is -2.90. The van der Waals surface area contributed by atoms with Gasteiger partial charge in [0.25, 0.3) is 16.6 Å². The minimum atomic E-state index is -3.36. The highest BCUT2D eigenvalue weighted by atomic mass is 28.4. The predicted octanol–water partition coefficient (Wildman–Crippen LogP) is 6.67. The molecule has 4 aromatic rings. The summed E-state index contributed by atoms with van der Waals surface area (Å²) in [5.41, 5.74) is 0. The molecule has 0 N–H and O–H groups in total. The van der Waals surface area contributed by atoms with Crippen LogP contribution in [0.1, 0.15) is 61.8 Å². The van der Waals surface area contributed by atoms with Crippen LogP contribution < -0.4 is 20.7 Å². The third-order valence-electron chi connectivity index (χ3n) is 10.0. The van der Waals surface area contributed by atoms with Gasteiger partial charge in [-0.05, 0) is 37.2 Å². The first kappa shape index (κ1) is 40.1. The fourth-order valence-electron chi connectivity index (χ4n) is 7.87. The van der Waals surface area contributed by atoms with Gasteiger partial charge in [-0.2, -0.15) is 0 Å². The van der Waals surface area contributed by atoms with E-state index in [1.807, 2.05) is 72.8 Å². The number of esters is 2. The molecule has 1 fully saturated rings. The van der Waals surface area contributed by atoms with Crippen molar-refractivity contribution in [1.82, 2.24) is 0 Å². The van der Waals surface area contributed by atoms with Crippen molar-refractivity contribution in [1.29, 1.82) is 0 Å². The molecule has 0 aliphatic carbocycles. The Morgan fingerprint density at radius 3 is 1.25 bits per heavy atom. The fraction of sp³-hybridized carbons (Fsp3) is 0.364. The summed E-state index contributed by atoms with van der Waals surface area (Å²) >= 11 is 0. The number of rotatable bonds is 12. The second-order valence-electron chi connectivity index (χ2n) is 15.7. The van der Waals surface area contributed by atoms with E-state index < -0.39 is 69.4 Å². The number of carbonyl (C=O) groups is 2. The van der Waals surface area contributed by atoms with Gasteiger partial charge >= 0.3 is 11.9 Å². The summed E-state index contributed by atoms with van der Waals surface area (Å²) in [5.74, 6) is -1.06. The highest BCUT2D eigenvalue weighted by molar-refractivity contribution is 7.00. The number of hydrogen-bond acceptors (Lipinski definition) is 7. The number of ether oxygens (including phenoxy) is 3. The molecule has 9 heteroatoms. The van der Waals surface area contributed by atoms with Crippen LogP contribution in [0.4, 0.5) is 0 Å². The Bertz CT molecular complexity index is 1730. The topological polar surface area (TPSA) is 80.3 Å². The molecule has 0 aromatic heterocycles. The lowest BCUT2D eigenvalue weighted by Crippen LogP contribution is -2.75. The Balaban J connectivity index is 1.84. The number of benzene rings is 4. The third-order valence-corrected chi connectivity index (χ3v) is 20.1. The quantitative estimate of drug-likeness (QED) is 0.0910. The zero-order valence-corrected chi connectivity index (χ0v) is 34.3. The van der Waals surface area contributed by atoms with Crippen molar-refractivity contribution in [2.24, 2.45) is 0 Å². The molecule has 0 radical (unpaired) electrons. The number of hydrogen-bond donors (Lipinski definition) is 0. The lowest BCUT2D eigenvalue weighted by Gasteiger charge is -2.53. The van der Waals surface area contributed by atoms with Crippen molar-refractivity contribution in [3.63, 3.8) is 0 Å². The summed E-state index contributed by atoms with van der Waals surface area (Å²) < 4.78 is 34.9. The van der Waals surface area contributed by atoms with Gasteiger partial charge in [0.1, 0.15) is 12.2 Å². The van der Waals surface area contributed by atoms with Crippen LogP contribution in [0.25, 0.3) is 0 Å². The zero-order valence-electron chi connectivity index (χ0n) is 32.3. The first-order valence-corrected chi connectivity index (χ1v) is 22.2. The molecule has 5 rings (SSSR count). The van der Waals surface area contributed by atoms with Crippen LogP contribution in [-0.4, -0.2) is 59.3 Å². The van der Waals surface area contributed by atoms with Crippen LogP contribution >= 0.6 is 0 Å². The second-order valence-corrected chi connectivity index (χ2v) is 24.2. The van der Waals surface area contributed by atoms with Crippen LogP contribution in [-0.2, 0) is 32.7 Å². The SMILES string of the molecule is C=CC[C@@H]1O[C@@H](O[Si](c2ccccc2)(c2ccccc2)C(C)(C)C)[C@H](O[Si](c2ccccc2)(c2ccccc2)C(C)(C)C)[C@@H](OC(C)=O)[C@@H]1OC(C)=O. The largest absolute Gasteiger partial charge is 0.456 e. The van der Waals surface area contributed by atoms with E-state index in [0.29, 0.717) is 6.42 Å². The first-order valence-electron chi connectivity index (χ1n) is 18.3. The average molecular weight is 751 g/mol. The van der Waals surface area contributed by atoms with E-state index in [4.69, 9.17) is 23.1 Å². The van der Waals surface area contributed by atoms with Gasteiger partial charge in [-0.15, -0.1) is 6.58 Å². The van der Waals surface area contributed by atoms with Crippen molar-refractivity contribution in [2.75, 3.05) is 0 Å². The smallest absolute Gasteiger partial charge is 0.303 e. The van der Waals surface area contributed by atoms with Crippen LogP contribution in [0, 0.1) is 0 Å². The summed E-state index contributed by atoms with van der Waals surface area (Å²) in [6, 6.07) is 41.1. The Labute approximate surface area is 317 Å². The Kier molecular flexibility index (Phi) is 12.5. The zero-order chi connectivity index (χ0) is 38.4. The maximum absolute atomic E-state index is 13.1. The van der Waals surface area contributed by atoms with Crippen LogP contribution in [0.5, 0.6) is 0 Å². The molecule has 5 atom stereocenters. The summed E-state index contributed by atoms with van der Waals surface area (Å²) in [6.45, 7) is 19.9. The van der Waals surface area contributed by atoms with Gasteiger partial charge in [-0.25, -0.2) is 0 Å². The van der Waals surface area contributed by atoms with E-state index >= 15 is 0 Å². The summed E-state index contributed by atoms with van der Waals surface area (Å²) in [4.78, 5) is 25.9. The van der Waals surface area contributed by atoms with Crippen molar-refractivity contribution < 1.29 is 32.7 Å². The molecule has 0 unspecified atom stereocenters. The van der Waals surface area contributed by atoms with E-state index in [1.54, 1.807) is 6.08 Å². The molecule has 53 heavy (non-hydrogen) atoms. The molecule has 1 saturated heterocycles. The first-order chi connectivity index (χ1) is 25.2. The minimum Gasteiger partial charge on any atom is -0.456 e. The van der Waals surface area contributed by atoms with Crippen LogP contribution in [0.3, 0.4) is 0 Å². The maximum atomic E-state index is 13.1. The maximum Gasteiger partial charge on any atom is 0.303 e. The predicted molar refractivity (Wildman–Crippen MR) is 216 cm³/mol. The molecule has 0 amide bonds. The van der Waals surface area contributed by atoms with Gasteiger partial charge in [0, 0.05) is 13.8 Å². The molecule has 1 heterocycles. The van der Waals surface area contributed by atoms with Crippen molar-refractivity contribution >= 4 is 49.3 Å². The van der Waals surface area contributed by atoms with E-state index in [0.717, 1.165) is 20.7 Å². The van der Waals surface area contributed by atoms with E-state index in [1.165, 1.54) is 13.8 Å². The second kappa shape index (κ2) is 16.5. The minimum absolute atomic E-state index is 0.308. The molecule has 7 nitrogen and oxygen atoms in total. The highest BCUT2D eigenvalue weighted by Crippen LogP contribution is 2.44. The Morgan fingerprint density at radius 2 is 0.925 bits per heavy atom. The monoisotopic (exact) mass is 750 g/mol. The fourth-order valence-corrected chi connectivity index (χ4v) is 17.1. The van der Waals surface area contributed by atoms with Gasteiger partial charge in [0.15, 0.2) is 18.5 Å². The van der Waals surface area contributed by atoms with Crippen LogP contribution in [0.15, 0.2) is 134 Å². The van der Waals surface area contributed by atoms with Gasteiger partial charge in [-0.3, -0.25) is 9.59 Å². The number of carbonyl (C=O) groups excluding carboxylic acids is 2. The molecule has 1 aliphatic rings. The van der Waals surface area contributed by atoms with E-state index in [9.17, 15) is 9.59 Å². The van der Waals surface area contributed by atoms with Gasteiger partial charge < -0.3 is 23.1 Å². The lowest BCUT2D eigenvalue weighted by atomic mass is 9.96. The van der Waals surface area contributed by atoms with E-state index in [-0.39, 0.29) is 0 Å². The molecule has 0 spiro atoms. The highest BCUT2D eigenvalue weighted by Gasteiger charge is 2.61. The summed E-state index contributed by atoms with van der Waals surface area (Å²) in [5, 5.41) is 3.30. The summed E-state index contributed by atoms with van der Waals surface area (Å²) in [7, 11) is -6.66. The Hall–Kier alpha value is -4.13. The normalized spacial score (nSPS) is 21.0. The lowest BCUT2D eigenvalue weighted by molar-refractivity contribution is -0.277. The van der Waals surface area contributed by atoms with Crippen molar-refractivity contribution in [3.8, 4) is 0 Å². The van der Waals surface area contributed by atoms with Gasteiger partial charge in [0.2, 0.25) is 0 Å². The molecule has 280 valence electrons. The molecule has 4 aromatic carbocycles. The van der Waals surface area contributed by atoms with Gasteiger partial charge in [-0.1, -0.05) is 169 Å². The average Bonchev–Trinajstić information content (AvgIpc) is 3.12. The molecule has 0 bridgehead atoms.